The van der Waals surface area contributed by atoms with Gasteiger partial charge in [-0.25, -0.2) is 0 Å². The summed E-state index contributed by atoms with van der Waals surface area (Å²) in [6, 6.07) is 0. The van der Waals surface area contributed by atoms with Crippen LogP contribution in [0.4, 0.5) is 0 Å². The Morgan fingerprint density at radius 1 is 1.08 bits per heavy atom. The third-order valence-electron chi connectivity index (χ3n) is 2.58. The molecule has 0 atom stereocenters. The third kappa shape index (κ3) is 4.30. The number of carbonyl (C=O) groups excluding carboxylic acids is 2. The fraction of sp³-hybridized carbons (Fsp3) is 0.900. The van der Waals surface area contributed by atoms with Gasteiger partial charge in [0.15, 0.2) is 0 Å². The lowest BCUT2D eigenvalue weighted by Gasteiger charge is -2.26. The van der Waals surface area contributed by atoms with Gasteiger partial charge in [-0.15, -0.1) is 0 Å². The van der Waals surface area contributed by atoms with Crippen molar-refractivity contribution < 1.29 is 9.59 Å². The second kappa shape index (κ2) is 5.10. The van der Waals surface area contributed by atoms with Gasteiger partial charge in [0.25, 0.3) is 0 Å². The van der Waals surface area contributed by atoms with Gasteiger partial charge in [-0.2, -0.15) is 9.59 Å². The van der Waals surface area contributed by atoms with Gasteiger partial charge in [0, 0.05) is 0 Å². The zero-order chi connectivity index (χ0) is 9.61. The quantitative estimate of drug-likeness (QED) is 0.560. The average molecular weight is 170 g/mol. The summed E-state index contributed by atoms with van der Waals surface area (Å²) in [7, 11) is 0. The molecule has 1 rings (SSSR count). The summed E-state index contributed by atoms with van der Waals surface area (Å²) < 4.78 is 0. The maximum atomic E-state index is 8.12. The molecule has 0 bridgehead atoms. The summed E-state index contributed by atoms with van der Waals surface area (Å²) in [6.45, 7) is 7.09. The first-order valence-electron chi connectivity index (χ1n) is 4.51. The minimum Gasteiger partial charge on any atom is -0.186 e. The second-order valence-corrected chi connectivity index (χ2v) is 4.43. The van der Waals surface area contributed by atoms with Gasteiger partial charge in [-0.1, -0.05) is 33.6 Å². The first kappa shape index (κ1) is 11.4. The van der Waals surface area contributed by atoms with E-state index in [0.717, 1.165) is 5.92 Å². The second-order valence-electron chi connectivity index (χ2n) is 4.43. The van der Waals surface area contributed by atoms with E-state index in [-0.39, 0.29) is 6.15 Å². The lowest BCUT2D eigenvalue weighted by atomic mass is 9.80. The highest BCUT2D eigenvalue weighted by Gasteiger charge is 2.26. The molecular weight excluding hydrogens is 152 g/mol. The molecule has 0 aromatic carbocycles. The van der Waals surface area contributed by atoms with E-state index in [1.54, 1.807) is 0 Å². The standard InChI is InChI=1S/C9H18.CO2/c1-9(2,3)8-6-4-5-7-8;2-1-3/h8H,4-7H2,1-3H3;. The van der Waals surface area contributed by atoms with Crippen LogP contribution in [-0.4, -0.2) is 6.15 Å². The van der Waals surface area contributed by atoms with Gasteiger partial charge in [0.1, 0.15) is 0 Å². The zero-order valence-electron chi connectivity index (χ0n) is 8.22. The molecular formula is C10H18O2. The zero-order valence-corrected chi connectivity index (χ0v) is 8.22. The van der Waals surface area contributed by atoms with Crippen molar-refractivity contribution in [3.8, 4) is 0 Å². The fourth-order valence-corrected chi connectivity index (χ4v) is 1.79. The van der Waals surface area contributed by atoms with Crippen molar-refractivity contribution in [1.29, 1.82) is 0 Å². The van der Waals surface area contributed by atoms with Crippen molar-refractivity contribution in [3.63, 3.8) is 0 Å². The van der Waals surface area contributed by atoms with Crippen LogP contribution in [0, 0.1) is 11.3 Å². The summed E-state index contributed by atoms with van der Waals surface area (Å²) in [4.78, 5) is 16.2. The van der Waals surface area contributed by atoms with E-state index in [2.05, 4.69) is 20.8 Å². The van der Waals surface area contributed by atoms with Gasteiger partial charge in [0.2, 0.25) is 0 Å². The third-order valence-corrected chi connectivity index (χ3v) is 2.58. The summed E-state index contributed by atoms with van der Waals surface area (Å²) in [5.74, 6) is 1.01. The molecule has 1 saturated carbocycles. The van der Waals surface area contributed by atoms with Gasteiger partial charge in [-0.05, 0) is 24.2 Å². The van der Waals surface area contributed by atoms with Crippen molar-refractivity contribution in [3.05, 3.63) is 0 Å². The van der Waals surface area contributed by atoms with Crippen molar-refractivity contribution in [2.75, 3.05) is 0 Å². The fourth-order valence-electron chi connectivity index (χ4n) is 1.79. The van der Waals surface area contributed by atoms with Crippen LogP contribution in [0.15, 0.2) is 0 Å². The molecule has 2 heteroatoms. The van der Waals surface area contributed by atoms with Crippen LogP contribution in [0.5, 0.6) is 0 Å². The summed E-state index contributed by atoms with van der Waals surface area (Å²) in [6.07, 6.45) is 6.15. The van der Waals surface area contributed by atoms with E-state index in [1.165, 1.54) is 25.7 Å². The lowest BCUT2D eigenvalue weighted by molar-refractivity contribution is -0.191. The predicted octanol–water partition coefficient (Wildman–Crippen LogP) is 2.64. The number of hydrogen-bond donors (Lipinski definition) is 0. The first-order valence-corrected chi connectivity index (χ1v) is 4.51. The summed E-state index contributed by atoms with van der Waals surface area (Å²) in [5.41, 5.74) is 0.580. The molecule has 70 valence electrons. The van der Waals surface area contributed by atoms with Crippen LogP contribution in [0.1, 0.15) is 46.5 Å². The smallest absolute Gasteiger partial charge is 0.186 e. The lowest BCUT2D eigenvalue weighted by Crippen LogP contribution is -2.16. The van der Waals surface area contributed by atoms with Crippen LogP contribution in [0.25, 0.3) is 0 Å². The molecule has 12 heavy (non-hydrogen) atoms. The average Bonchev–Trinajstić information content (AvgIpc) is 2.36. The van der Waals surface area contributed by atoms with Crippen LogP contribution < -0.4 is 0 Å². The maximum Gasteiger partial charge on any atom is 0.373 e. The topological polar surface area (TPSA) is 34.1 Å². The van der Waals surface area contributed by atoms with Crippen molar-refractivity contribution in [1.82, 2.24) is 0 Å². The molecule has 1 aliphatic rings. The molecule has 0 aromatic heterocycles. The highest BCUT2D eigenvalue weighted by molar-refractivity contribution is 5.20. The Kier molecular flexibility index (Phi) is 4.84. The van der Waals surface area contributed by atoms with E-state index in [0.29, 0.717) is 5.41 Å². The van der Waals surface area contributed by atoms with E-state index in [4.69, 9.17) is 9.59 Å². The molecule has 1 aliphatic carbocycles. The summed E-state index contributed by atoms with van der Waals surface area (Å²) >= 11 is 0. The Hall–Kier alpha value is -0.620. The highest BCUT2D eigenvalue weighted by atomic mass is 16.2. The predicted molar refractivity (Wildman–Crippen MR) is 46.4 cm³/mol. The van der Waals surface area contributed by atoms with Gasteiger partial charge in [-0.3, -0.25) is 0 Å². The van der Waals surface area contributed by atoms with Crippen LogP contribution in [-0.2, 0) is 9.59 Å². The van der Waals surface area contributed by atoms with Crippen LogP contribution in [0.2, 0.25) is 0 Å². The number of rotatable bonds is 0. The molecule has 0 amide bonds. The van der Waals surface area contributed by atoms with E-state index >= 15 is 0 Å². The molecule has 0 radical (unpaired) electrons. The maximum absolute atomic E-state index is 8.12. The molecule has 0 spiro atoms. The SMILES string of the molecule is CC(C)(C)C1CCCC1.O=C=O. The molecule has 0 aromatic rings. The summed E-state index contributed by atoms with van der Waals surface area (Å²) in [5, 5.41) is 0. The first-order chi connectivity index (χ1) is 5.52. The van der Waals surface area contributed by atoms with Crippen molar-refractivity contribution >= 4 is 6.15 Å². The molecule has 1 fully saturated rings. The van der Waals surface area contributed by atoms with Crippen molar-refractivity contribution in [2.24, 2.45) is 11.3 Å². The Morgan fingerprint density at radius 3 is 1.58 bits per heavy atom. The molecule has 0 saturated heterocycles. The van der Waals surface area contributed by atoms with Gasteiger partial charge < -0.3 is 0 Å². The molecule has 0 heterocycles. The van der Waals surface area contributed by atoms with Gasteiger partial charge >= 0.3 is 6.15 Å². The Morgan fingerprint density at radius 2 is 1.42 bits per heavy atom. The van der Waals surface area contributed by atoms with Crippen molar-refractivity contribution in [2.45, 2.75) is 46.5 Å². The minimum absolute atomic E-state index is 0.250. The van der Waals surface area contributed by atoms with Crippen LogP contribution >= 0.6 is 0 Å². The molecule has 2 nitrogen and oxygen atoms in total. The highest BCUT2D eigenvalue weighted by Crippen LogP contribution is 2.38. The number of hydrogen-bond acceptors (Lipinski definition) is 2. The van der Waals surface area contributed by atoms with E-state index < -0.39 is 0 Å². The Bertz CT molecular complexity index is 144. The van der Waals surface area contributed by atoms with Gasteiger partial charge in [0.05, 0.1) is 0 Å². The normalized spacial score (nSPS) is 17.9. The largest absolute Gasteiger partial charge is 0.373 e. The van der Waals surface area contributed by atoms with E-state index in [1.807, 2.05) is 0 Å². The minimum atomic E-state index is 0.250. The Balaban J connectivity index is 0.000000354. The Labute approximate surface area is 74.3 Å². The monoisotopic (exact) mass is 170 g/mol. The van der Waals surface area contributed by atoms with E-state index in [9.17, 15) is 0 Å². The molecule has 0 N–H and O–H groups in total. The molecule has 0 aliphatic heterocycles. The van der Waals surface area contributed by atoms with Crippen LogP contribution in [0.3, 0.4) is 0 Å². The molecule has 0 unspecified atom stereocenters.